The fourth-order valence-electron chi connectivity index (χ4n) is 1.75. The van der Waals surface area contributed by atoms with Gasteiger partial charge in [-0.15, -0.1) is 11.3 Å². The van der Waals surface area contributed by atoms with Crippen LogP contribution in [0.25, 0.3) is 11.0 Å². The van der Waals surface area contributed by atoms with E-state index in [1.165, 1.54) is 18.4 Å². The molecule has 2 heterocycles. The summed E-state index contributed by atoms with van der Waals surface area (Å²) in [6.07, 6.45) is 0. The molecule has 0 spiro atoms. The van der Waals surface area contributed by atoms with Crippen molar-refractivity contribution >= 4 is 39.2 Å². The number of aromatic nitrogens is 4. The highest BCUT2D eigenvalue weighted by molar-refractivity contribution is 7.13. The zero-order valence-electron chi connectivity index (χ0n) is 11.3. The van der Waals surface area contributed by atoms with Gasteiger partial charge in [-0.3, -0.25) is 0 Å². The van der Waals surface area contributed by atoms with Crippen LogP contribution in [0.2, 0.25) is 0 Å². The number of carbonyl (C=O) groups is 1. The molecule has 1 aromatic carbocycles. The number of benzene rings is 1. The van der Waals surface area contributed by atoms with E-state index in [9.17, 15) is 4.79 Å². The number of nitrogens with two attached hydrogens (primary N) is 1. The SMILES string of the molecule is CO/N=C(\C(=O)Oc1cccc2n[nH]nc12)c1csc(N)n1. The molecule has 0 bridgehead atoms. The number of nitrogens with zero attached hydrogens (tertiary/aromatic N) is 4. The number of rotatable bonds is 4. The normalized spacial score (nSPS) is 11.6. The summed E-state index contributed by atoms with van der Waals surface area (Å²) in [5.74, 6) is -0.481. The number of fused-ring (bicyclic) bond motifs is 1. The Hall–Kier alpha value is -3.01. The Morgan fingerprint density at radius 1 is 1.41 bits per heavy atom. The molecular weight excluding hydrogens is 308 g/mol. The minimum atomic E-state index is -0.734. The van der Waals surface area contributed by atoms with Crippen molar-refractivity contribution in [2.24, 2.45) is 5.16 Å². The first-order chi connectivity index (χ1) is 10.7. The molecule has 0 fully saturated rings. The number of nitrogens with one attached hydrogen (secondary N) is 1. The van der Waals surface area contributed by atoms with E-state index < -0.39 is 5.97 Å². The number of anilines is 1. The van der Waals surface area contributed by atoms with Crippen molar-refractivity contribution in [1.29, 1.82) is 0 Å². The van der Waals surface area contributed by atoms with Crippen LogP contribution in [-0.4, -0.2) is 39.2 Å². The van der Waals surface area contributed by atoms with Crippen LogP contribution >= 0.6 is 11.3 Å². The average molecular weight is 318 g/mol. The van der Waals surface area contributed by atoms with Gasteiger partial charge in [0.05, 0.1) is 0 Å². The van der Waals surface area contributed by atoms with Crippen LogP contribution in [0.4, 0.5) is 5.13 Å². The molecule has 0 amide bonds. The molecule has 0 radical (unpaired) electrons. The molecule has 0 saturated heterocycles. The second-order valence-corrected chi connectivity index (χ2v) is 4.92. The quantitative estimate of drug-likeness (QED) is 0.317. The Labute approximate surface area is 127 Å². The predicted octanol–water partition coefficient (Wildman–Crippen LogP) is 0.953. The number of para-hydroxylation sites is 1. The van der Waals surface area contributed by atoms with E-state index in [4.69, 9.17) is 10.5 Å². The van der Waals surface area contributed by atoms with Gasteiger partial charge in [0.2, 0.25) is 5.71 Å². The van der Waals surface area contributed by atoms with Gasteiger partial charge in [-0.25, -0.2) is 9.78 Å². The summed E-state index contributed by atoms with van der Waals surface area (Å²) in [6.45, 7) is 0. The minimum absolute atomic E-state index is 0.0871. The average Bonchev–Trinajstić information content (AvgIpc) is 3.14. The number of hydrogen-bond donors (Lipinski definition) is 2. The van der Waals surface area contributed by atoms with Crippen LogP contribution < -0.4 is 10.5 Å². The molecular formula is C12H10N6O3S. The minimum Gasteiger partial charge on any atom is -0.419 e. The lowest BCUT2D eigenvalue weighted by molar-refractivity contribution is -0.127. The van der Waals surface area contributed by atoms with Gasteiger partial charge in [0.25, 0.3) is 0 Å². The van der Waals surface area contributed by atoms with E-state index in [0.29, 0.717) is 16.2 Å². The molecule has 3 N–H and O–H groups in total. The summed E-state index contributed by atoms with van der Waals surface area (Å²) in [4.78, 5) is 21.0. The Bertz CT molecular complexity index is 855. The van der Waals surface area contributed by atoms with Crippen molar-refractivity contribution in [3.63, 3.8) is 0 Å². The maximum absolute atomic E-state index is 12.3. The van der Waals surface area contributed by atoms with Crippen molar-refractivity contribution in [1.82, 2.24) is 20.4 Å². The van der Waals surface area contributed by atoms with Gasteiger partial charge in [-0.05, 0) is 12.1 Å². The molecule has 22 heavy (non-hydrogen) atoms. The molecule has 0 unspecified atom stereocenters. The number of thiazole rings is 1. The lowest BCUT2D eigenvalue weighted by atomic mass is 10.3. The number of nitrogen functional groups attached to an aromatic ring is 1. The smallest absolute Gasteiger partial charge is 0.368 e. The third kappa shape index (κ3) is 2.59. The van der Waals surface area contributed by atoms with Crippen molar-refractivity contribution in [2.45, 2.75) is 0 Å². The van der Waals surface area contributed by atoms with E-state index >= 15 is 0 Å². The van der Waals surface area contributed by atoms with Gasteiger partial charge < -0.3 is 15.3 Å². The number of aromatic amines is 1. The second kappa shape index (κ2) is 5.77. The molecule has 0 saturated carbocycles. The van der Waals surface area contributed by atoms with E-state index in [2.05, 4.69) is 30.4 Å². The Morgan fingerprint density at radius 2 is 2.27 bits per heavy atom. The predicted molar refractivity (Wildman–Crippen MR) is 79.6 cm³/mol. The fraction of sp³-hybridized carbons (Fsp3) is 0.0833. The number of hydrogen-bond acceptors (Lipinski definition) is 9. The number of ether oxygens (including phenoxy) is 1. The largest absolute Gasteiger partial charge is 0.419 e. The number of H-pyrrole nitrogens is 1. The van der Waals surface area contributed by atoms with E-state index in [1.807, 2.05) is 0 Å². The third-order valence-electron chi connectivity index (χ3n) is 2.65. The Balaban J connectivity index is 1.92. The van der Waals surface area contributed by atoms with Gasteiger partial charge in [-0.2, -0.15) is 15.4 Å². The van der Waals surface area contributed by atoms with Gasteiger partial charge >= 0.3 is 5.97 Å². The first kappa shape index (κ1) is 13.9. The number of carbonyl (C=O) groups excluding carboxylic acids is 1. The molecule has 2 aromatic heterocycles. The van der Waals surface area contributed by atoms with E-state index in [-0.39, 0.29) is 17.2 Å². The van der Waals surface area contributed by atoms with Crippen molar-refractivity contribution in [3.8, 4) is 5.75 Å². The maximum atomic E-state index is 12.3. The summed E-state index contributed by atoms with van der Waals surface area (Å²) >= 11 is 1.18. The zero-order chi connectivity index (χ0) is 15.5. The summed E-state index contributed by atoms with van der Waals surface area (Å²) in [7, 11) is 1.32. The third-order valence-corrected chi connectivity index (χ3v) is 3.33. The van der Waals surface area contributed by atoms with Gasteiger partial charge in [0.15, 0.2) is 16.4 Å². The standard InChI is InChI=1S/C12H10N6O3S/c1-20-17-10(7-5-22-12(13)14-7)11(19)21-8-4-2-3-6-9(8)16-18-15-6/h2-5H,1H3,(H2,13,14)(H,15,16,18)/b17-10-. The lowest BCUT2D eigenvalue weighted by Crippen LogP contribution is -2.22. The van der Waals surface area contributed by atoms with E-state index in [0.717, 1.165) is 0 Å². The highest BCUT2D eigenvalue weighted by Gasteiger charge is 2.22. The summed E-state index contributed by atoms with van der Waals surface area (Å²) < 4.78 is 5.32. The van der Waals surface area contributed by atoms with Crippen LogP contribution in [0.15, 0.2) is 28.7 Å². The fourth-order valence-corrected chi connectivity index (χ4v) is 2.30. The van der Waals surface area contributed by atoms with Gasteiger partial charge in [-0.1, -0.05) is 11.2 Å². The van der Waals surface area contributed by atoms with Crippen LogP contribution in [0, 0.1) is 0 Å². The van der Waals surface area contributed by atoms with Crippen LogP contribution in [-0.2, 0) is 9.63 Å². The summed E-state index contributed by atoms with van der Waals surface area (Å²) in [6, 6.07) is 5.03. The number of oxime groups is 1. The zero-order valence-corrected chi connectivity index (χ0v) is 12.1. The molecule has 3 aromatic rings. The second-order valence-electron chi connectivity index (χ2n) is 4.03. The molecule has 0 aliphatic rings. The Morgan fingerprint density at radius 3 is 3.00 bits per heavy atom. The molecule has 0 atom stereocenters. The monoisotopic (exact) mass is 318 g/mol. The highest BCUT2D eigenvalue weighted by atomic mass is 32.1. The van der Waals surface area contributed by atoms with Crippen LogP contribution in [0.3, 0.4) is 0 Å². The first-order valence-electron chi connectivity index (χ1n) is 6.03. The summed E-state index contributed by atoms with van der Waals surface area (Å²) in [5, 5.41) is 15.9. The van der Waals surface area contributed by atoms with Crippen molar-refractivity contribution in [2.75, 3.05) is 12.8 Å². The molecule has 0 aliphatic heterocycles. The topological polar surface area (TPSA) is 128 Å². The number of esters is 1. The van der Waals surface area contributed by atoms with Gasteiger partial charge in [0, 0.05) is 5.38 Å². The maximum Gasteiger partial charge on any atom is 0.368 e. The molecule has 10 heteroatoms. The van der Waals surface area contributed by atoms with Crippen LogP contribution in [0.1, 0.15) is 5.69 Å². The Kier molecular flexibility index (Phi) is 3.66. The molecule has 3 rings (SSSR count). The first-order valence-corrected chi connectivity index (χ1v) is 6.91. The lowest BCUT2D eigenvalue weighted by Gasteiger charge is -2.05. The molecule has 112 valence electrons. The summed E-state index contributed by atoms with van der Waals surface area (Å²) in [5.41, 5.74) is 6.77. The molecule has 9 nitrogen and oxygen atoms in total. The highest BCUT2D eigenvalue weighted by Crippen LogP contribution is 2.22. The van der Waals surface area contributed by atoms with Crippen molar-refractivity contribution < 1.29 is 14.4 Å². The van der Waals surface area contributed by atoms with Crippen molar-refractivity contribution in [3.05, 3.63) is 29.3 Å². The molecule has 0 aliphatic carbocycles. The van der Waals surface area contributed by atoms with E-state index in [1.54, 1.807) is 23.6 Å². The van der Waals surface area contributed by atoms with Gasteiger partial charge in [0.1, 0.15) is 18.3 Å². The van der Waals surface area contributed by atoms with Crippen LogP contribution in [0.5, 0.6) is 5.75 Å².